The minimum Gasteiger partial charge on any atom is -0.410 e. The molecule has 0 saturated carbocycles. The fourth-order valence-electron chi connectivity index (χ4n) is 3.62. The largest absolute Gasteiger partial charge is 0.417 e. The van der Waals surface area contributed by atoms with Crippen LogP contribution >= 0.6 is 0 Å². The highest BCUT2D eigenvalue weighted by Gasteiger charge is 2.21. The van der Waals surface area contributed by atoms with Crippen molar-refractivity contribution in [2.45, 2.75) is 18.8 Å². The van der Waals surface area contributed by atoms with Gasteiger partial charge in [0.05, 0.1) is 0 Å². The predicted octanol–water partition coefficient (Wildman–Crippen LogP) is 4.59. The van der Waals surface area contributed by atoms with Gasteiger partial charge in [0, 0.05) is 22.8 Å². The van der Waals surface area contributed by atoms with E-state index in [1.54, 1.807) is 12.1 Å². The fourth-order valence-corrected chi connectivity index (χ4v) is 3.62. The van der Waals surface area contributed by atoms with Crippen LogP contribution in [0.4, 0.5) is 10.5 Å². The van der Waals surface area contributed by atoms with Crippen molar-refractivity contribution in [2.24, 2.45) is 0 Å². The Balaban J connectivity index is 1.51. The lowest BCUT2D eigenvalue weighted by Gasteiger charge is -2.28. The van der Waals surface area contributed by atoms with Gasteiger partial charge in [0.25, 0.3) is 0 Å². The lowest BCUT2D eigenvalue weighted by Crippen LogP contribution is -2.29. The Labute approximate surface area is 153 Å². The van der Waals surface area contributed by atoms with E-state index in [1.165, 1.54) is 10.9 Å². The Hall–Kier alpha value is -2.79. The van der Waals surface area contributed by atoms with Crippen molar-refractivity contribution in [1.82, 2.24) is 9.88 Å². The number of rotatable bonds is 3. The van der Waals surface area contributed by atoms with Gasteiger partial charge >= 0.3 is 6.09 Å². The Bertz CT molecular complexity index is 896. The first-order valence-electron chi connectivity index (χ1n) is 9.02. The van der Waals surface area contributed by atoms with Crippen molar-refractivity contribution < 1.29 is 9.53 Å². The van der Waals surface area contributed by atoms with E-state index >= 15 is 0 Å². The standard InChI is InChI=1S/C21H23N3O2/c1-24-11-9-15(10-12-24)19-14-22-20-8-7-16(13-18(19)20)23-21(25)26-17-5-3-2-4-6-17/h2-8,13-15,22H,9-12H2,1H3,(H,23,25). The van der Waals surface area contributed by atoms with Crippen molar-refractivity contribution >= 4 is 22.7 Å². The summed E-state index contributed by atoms with van der Waals surface area (Å²) in [6.45, 7) is 2.25. The molecule has 1 aliphatic rings. The molecule has 0 radical (unpaired) electrons. The molecule has 2 N–H and O–H groups in total. The van der Waals surface area contributed by atoms with Crippen LogP contribution in [-0.2, 0) is 0 Å². The molecule has 5 nitrogen and oxygen atoms in total. The van der Waals surface area contributed by atoms with Crippen molar-refractivity contribution in [3.63, 3.8) is 0 Å². The number of piperidine rings is 1. The molecule has 4 rings (SSSR count). The van der Waals surface area contributed by atoms with Crippen molar-refractivity contribution in [3.05, 3.63) is 60.3 Å². The predicted molar refractivity (Wildman–Crippen MR) is 104 cm³/mol. The van der Waals surface area contributed by atoms with Crippen LogP contribution in [0.1, 0.15) is 24.3 Å². The van der Waals surface area contributed by atoms with Gasteiger partial charge in [-0.2, -0.15) is 0 Å². The Kier molecular flexibility index (Phi) is 4.63. The van der Waals surface area contributed by atoms with Crippen molar-refractivity contribution in [1.29, 1.82) is 0 Å². The molecule has 1 amide bonds. The summed E-state index contributed by atoms with van der Waals surface area (Å²) in [6.07, 6.45) is 3.97. The van der Waals surface area contributed by atoms with Crippen LogP contribution in [0.2, 0.25) is 0 Å². The second kappa shape index (κ2) is 7.22. The number of hydrogen-bond acceptors (Lipinski definition) is 3. The molecule has 1 aliphatic heterocycles. The normalized spacial score (nSPS) is 15.9. The quantitative estimate of drug-likeness (QED) is 0.727. The molecule has 3 aromatic rings. The molecule has 2 aromatic carbocycles. The van der Waals surface area contributed by atoms with Crippen LogP contribution in [0.15, 0.2) is 54.7 Å². The number of carbonyl (C=O) groups is 1. The molecule has 1 fully saturated rings. The first-order chi connectivity index (χ1) is 12.7. The Morgan fingerprint density at radius 2 is 1.92 bits per heavy atom. The molecule has 1 aromatic heterocycles. The monoisotopic (exact) mass is 349 g/mol. The summed E-state index contributed by atoms with van der Waals surface area (Å²) < 4.78 is 5.31. The molecule has 0 spiro atoms. The molecule has 0 atom stereocenters. The summed E-state index contributed by atoms with van der Waals surface area (Å²) in [7, 11) is 2.17. The number of ether oxygens (including phenoxy) is 1. The van der Waals surface area contributed by atoms with Gasteiger partial charge in [0.15, 0.2) is 0 Å². The molecule has 2 heterocycles. The Morgan fingerprint density at radius 3 is 2.69 bits per heavy atom. The molecule has 0 unspecified atom stereocenters. The zero-order chi connectivity index (χ0) is 17.9. The molecule has 0 bridgehead atoms. The van der Waals surface area contributed by atoms with Gasteiger partial charge in [-0.15, -0.1) is 0 Å². The smallest absolute Gasteiger partial charge is 0.410 e. The first kappa shape index (κ1) is 16.7. The van der Waals surface area contributed by atoms with E-state index in [0.29, 0.717) is 11.7 Å². The first-order valence-corrected chi connectivity index (χ1v) is 9.02. The zero-order valence-corrected chi connectivity index (χ0v) is 14.9. The summed E-state index contributed by atoms with van der Waals surface area (Å²) in [5.74, 6) is 1.09. The highest BCUT2D eigenvalue weighted by molar-refractivity contribution is 5.92. The van der Waals surface area contributed by atoms with Crippen LogP contribution in [0.5, 0.6) is 5.75 Å². The number of carbonyl (C=O) groups excluding carboxylic acids is 1. The van der Waals surface area contributed by atoms with Crippen LogP contribution in [0.25, 0.3) is 10.9 Å². The molecule has 1 saturated heterocycles. The topological polar surface area (TPSA) is 57.4 Å². The summed E-state index contributed by atoms with van der Waals surface area (Å²) >= 11 is 0. The van der Waals surface area contributed by atoms with Crippen LogP contribution < -0.4 is 10.1 Å². The number of aromatic amines is 1. The average molecular weight is 349 g/mol. The lowest BCUT2D eigenvalue weighted by atomic mass is 9.89. The number of amides is 1. The summed E-state index contributed by atoms with van der Waals surface area (Å²) in [4.78, 5) is 17.9. The molecule has 134 valence electrons. The minimum atomic E-state index is -0.480. The van der Waals surface area contributed by atoms with Crippen LogP contribution in [-0.4, -0.2) is 36.1 Å². The van der Waals surface area contributed by atoms with Gasteiger partial charge in [0.2, 0.25) is 0 Å². The molecular weight excluding hydrogens is 326 g/mol. The van der Waals surface area contributed by atoms with Crippen LogP contribution in [0.3, 0.4) is 0 Å². The number of likely N-dealkylation sites (tertiary alicyclic amines) is 1. The zero-order valence-electron chi connectivity index (χ0n) is 14.9. The van der Waals surface area contributed by atoms with E-state index in [2.05, 4.69) is 28.4 Å². The second-order valence-electron chi connectivity index (χ2n) is 6.91. The summed E-state index contributed by atoms with van der Waals surface area (Å²) in [6, 6.07) is 15.0. The summed E-state index contributed by atoms with van der Waals surface area (Å²) in [5.41, 5.74) is 3.18. The highest BCUT2D eigenvalue weighted by atomic mass is 16.6. The van der Waals surface area contributed by atoms with E-state index in [4.69, 9.17) is 4.74 Å². The number of benzene rings is 2. The van der Waals surface area contributed by atoms with Crippen LogP contribution in [0, 0.1) is 0 Å². The van der Waals surface area contributed by atoms with Crippen molar-refractivity contribution in [3.8, 4) is 5.75 Å². The maximum atomic E-state index is 12.1. The Morgan fingerprint density at radius 1 is 1.15 bits per heavy atom. The molecule has 26 heavy (non-hydrogen) atoms. The fraction of sp³-hybridized carbons (Fsp3) is 0.286. The number of anilines is 1. The second-order valence-corrected chi connectivity index (χ2v) is 6.91. The number of fused-ring (bicyclic) bond motifs is 1. The lowest BCUT2D eigenvalue weighted by molar-refractivity contribution is 0.215. The third kappa shape index (κ3) is 3.58. The van der Waals surface area contributed by atoms with Gasteiger partial charge in [0.1, 0.15) is 5.75 Å². The average Bonchev–Trinajstić information content (AvgIpc) is 3.06. The number of nitrogens with zero attached hydrogens (tertiary/aromatic N) is 1. The number of para-hydroxylation sites is 1. The van der Waals surface area contributed by atoms with E-state index in [0.717, 1.165) is 37.1 Å². The van der Waals surface area contributed by atoms with Gasteiger partial charge in [-0.25, -0.2) is 4.79 Å². The highest BCUT2D eigenvalue weighted by Crippen LogP contribution is 2.34. The molecule has 0 aliphatic carbocycles. The molecular formula is C21H23N3O2. The number of aromatic nitrogens is 1. The number of H-pyrrole nitrogens is 1. The van der Waals surface area contributed by atoms with E-state index in [9.17, 15) is 4.79 Å². The molecule has 5 heteroatoms. The van der Waals surface area contributed by atoms with Gasteiger partial charge in [-0.05, 0) is 74.8 Å². The number of nitrogens with one attached hydrogen (secondary N) is 2. The number of hydrogen-bond donors (Lipinski definition) is 2. The minimum absolute atomic E-state index is 0.480. The maximum Gasteiger partial charge on any atom is 0.417 e. The van der Waals surface area contributed by atoms with Crippen molar-refractivity contribution in [2.75, 3.05) is 25.5 Å². The van der Waals surface area contributed by atoms with Gasteiger partial charge < -0.3 is 14.6 Å². The third-order valence-electron chi connectivity index (χ3n) is 5.07. The van der Waals surface area contributed by atoms with E-state index < -0.39 is 6.09 Å². The van der Waals surface area contributed by atoms with Gasteiger partial charge in [-0.3, -0.25) is 5.32 Å². The van der Waals surface area contributed by atoms with E-state index in [-0.39, 0.29) is 0 Å². The van der Waals surface area contributed by atoms with E-state index in [1.807, 2.05) is 36.4 Å². The maximum absolute atomic E-state index is 12.1. The SMILES string of the molecule is CN1CCC(c2c[nH]c3ccc(NC(=O)Oc4ccccc4)cc23)CC1. The van der Waals surface area contributed by atoms with Gasteiger partial charge in [-0.1, -0.05) is 18.2 Å². The summed E-state index contributed by atoms with van der Waals surface area (Å²) in [5, 5.41) is 4.00. The third-order valence-corrected chi connectivity index (χ3v) is 5.07.